The molecular formula is C19H21FN2O2. The normalized spacial score (nSPS) is 10.8. The van der Waals surface area contributed by atoms with Crippen LogP contribution in [-0.4, -0.2) is 18.7 Å². The molecule has 5 heteroatoms. The molecule has 0 aliphatic heterocycles. The lowest BCUT2D eigenvalue weighted by atomic mass is 10.1. The topological polar surface area (TPSA) is 50.7 Å². The zero-order chi connectivity index (χ0) is 17.2. The van der Waals surface area contributed by atoms with Crippen molar-refractivity contribution in [3.05, 3.63) is 65.5 Å². The van der Waals surface area contributed by atoms with Crippen LogP contribution >= 0.6 is 0 Å². The molecule has 0 saturated heterocycles. The molecule has 0 aromatic heterocycles. The van der Waals surface area contributed by atoms with Gasteiger partial charge >= 0.3 is 0 Å². The Bertz CT molecular complexity index is 667. The van der Waals surface area contributed by atoms with Crippen LogP contribution in [0.2, 0.25) is 0 Å². The number of ether oxygens (including phenoxy) is 1. The van der Waals surface area contributed by atoms with E-state index in [1.54, 1.807) is 18.3 Å². The van der Waals surface area contributed by atoms with Gasteiger partial charge in [0.15, 0.2) is 0 Å². The van der Waals surface area contributed by atoms with Gasteiger partial charge < -0.3 is 4.74 Å². The van der Waals surface area contributed by atoms with Crippen molar-refractivity contribution in [2.75, 3.05) is 6.61 Å². The van der Waals surface area contributed by atoms with Crippen molar-refractivity contribution >= 4 is 12.1 Å². The highest BCUT2D eigenvalue weighted by Gasteiger charge is 2.02. The second-order valence-electron chi connectivity index (χ2n) is 5.37. The first-order chi connectivity index (χ1) is 11.7. The summed E-state index contributed by atoms with van der Waals surface area (Å²) in [6.07, 6.45) is 3.85. The van der Waals surface area contributed by atoms with Crippen molar-refractivity contribution in [1.29, 1.82) is 0 Å². The second kappa shape index (κ2) is 9.45. The van der Waals surface area contributed by atoms with Gasteiger partial charge in [0.1, 0.15) is 11.6 Å². The van der Waals surface area contributed by atoms with Gasteiger partial charge in [-0.3, -0.25) is 4.79 Å². The summed E-state index contributed by atoms with van der Waals surface area (Å²) >= 11 is 0. The van der Waals surface area contributed by atoms with Gasteiger partial charge in [0.05, 0.1) is 19.2 Å². The standard InChI is InChI=1S/C19H21FN2O2/c1-2-3-12-24-18-10-6-16(7-11-18)14-21-22-19(23)13-15-4-8-17(20)9-5-15/h4-11,14H,2-3,12-13H2,1H3,(H,22,23)/b21-14-. The largest absolute Gasteiger partial charge is 0.494 e. The molecule has 0 atom stereocenters. The quantitative estimate of drug-likeness (QED) is 0.456. The molecule has 1 N–H and O–H groups in total. The van der Waals surface area contributed by atoms with Gasteiger partial charge in [-0.25, -0.2) is 9.82 Å². The van der Waals surface area contributed by atoms with E-state index in [0.29, 0.717) is 6.61 Å². The zero-order valence-corrected chi connectivity index (χ0v) is 13.7. The highest BCUT2D eigenvalue weighted by molar-refractivity contribution is 5.83. The molecule has 2 rings (SSSR count). The number of halogens is 1. The SMILES string of the molecule is CCCCOc1ccc(/C=N\NC(=O)Cc2ccc(F)cc2)cc1. The van der Waals surface area contributed by atoms with Crippen LogP contribution in [0.5, 0.6) is 5.75 Å². The maximum Gasteiger partial charge on any atom is 0.244 e. The number of hydrazone groups is 1. The van der Waals surface area contributed by atoms with E-state index < -0.39 is 0 Å². The number of unbranched alkanes of at least 4 members (excludes halogenated alkanes) is 1. The number of carbonyl (C=O) groups is 1. The molecule has 0 spiro atoms. The molecule has 2 aromatic rings. The second-order valence-corrected chi connectivity index (χ2v) is 5.37. The Hall–Kier alpha value is -2.69. The molecule has 0 unspecified atom stereocenters. The van der Waals surface area contributed by atoms with E-state index in [1.165, 1.54) is 12.1 Å². The smallest absolute Gasteiger partial charge is 0.244 e. The summed E-state index contributed by atoms with van der Waals surface area (Å²) in [6, 6.07) is 13.3. The van der Waals surface area contributed by atoms with E-state index in [9.17, 15) is 9.18 Å². The molecule has 2 aromatic carbocycles. The molecule has 0 radical (unpaired) electrons. The third-order valence-corrected chi connectivity index (χ3v) is 3.33. The summed E-state index contributed by atoms with van der Waals surface area (Å²) < 4.78 is 18.4. The van der Waals surface area contributed by atoms with Crippen LogP contribution in [0.25, 0.3) is 0 Å². The summed E-state index contributed by atoms with van der Waals surface area (Å²) in [5, 5.41) is 3.92. The van der Waals surface area contributed by atoms with Crippen molar-refractivity contribution in [2.45, 2.75) is 26.2 Å². The molecule has 4 nitrogen and oxygen atoms in total. The molecule has 0 fully saturated rings. The Kier molecular flexibility index (Phi) is 6.95. The Morgan fingerprint density at radius 2 is 1.88 bits per heavy atom. The summed E-state index contributed by atoms with van der Waals surface area (Å²) in [5.41, 5.74) is 4.05. The lowest BCUT2D eigenvalue weighted by Crippen LogP contribution is -2.19. The van der Waals surface area contributed by atoms with E-state index in [4.69, 9.17) is 4.74 Å². The Labute approximate surface area is 141 Å². The van der Waals surface area contributed by atoms with Crippen LogP contribution in [0.3, 0.4) is 0 Å². The number of hydrogen-bond acceptors (Lipinski definition) is 3. The number of nitrogens with zero attached hydrogens (tertiary/aromatic N) is 1. The van der Waals surface area contributed by atoms with Gasteiger partial charge in [-0.1, -0.05) is 25.5 Å². The van der Waals surface area contributed by atoms with Crippen molar-refractivity contribution in [3.63, 3.8) is 0 Å². The lowest BCUT2D eigenvalue weighted by molar-refractivity contribution is -0.120. The monoisotopic (exact) mass is 328 g/mol. The number of carbonyl (C=O) groups excluding carboxylic acids is 1. The summed E-state index contributed by atoms with van der Waals surface area (Å²) in [5.74, 6) is 0.248. The molecular weight excluding hydrogens is 307 g/mol. The van der Waals surface area contributed by atoms with Crippen LogP contribution in [0.4, 0.5) is 4.39 Å². The third kappa shape index (κ3) is 6.20. The lowest BCUT2D eigenvalue weighted by Gasteiger charge is -2.05. The fourth-order valence-electron chi connectivity index (χ4n) is 1.99. The highest BCUT2D eigenvalue weighted by atomic mass is 19.1. The zero-order valence-electron chi connectivity index (χ0n) is 13.7. The van der Waals surface area contributed by atoms with Gasteiger partial charge in [-0.2, -0.15) is 5.10 Å². The minimum absolute atomic E-state index is 0.155. The van der Waals surface area contributed by atoms with Crippen molar-refractivity contribution < 1.29 is 13.9 Å². The van der Waals surface area contributed by atoms with E-state index in [1.807, 2.05) is 24.3 Å². The molecule has 24 heavy (non-hydrogen) atoms. The summed E-state index contributed by atoms with van der Waals surface area (Å²) in [4.78, 5) is 11.7. The average Bonchev–Trinajstić information content (AvgIpc) is 2.59. The number of rotatable bonds is 8. The van der Waals surface area contributed by atoms with Crippen molar-refractivity contribution in [2.24, 2.45) is 5.10 Å². The molecule has 0 aliphatic carbocycles. The molecule has 0 heterocycles. The number of nitrogens with one attached hydrogen (secondary N) is 1. The fourth-order valence-corrected chi connectivity index (χ4v) is 1.99. The van der Waals surface area contributed by atoms with Crippen LogP contribution in [0.1, 0.15) is 30.9 Å². The van der Waals surface area contributed by atoms with Crippen LogP contribution in [-0.2, 0) is 11.2 Å². The molecule has 0 aliphatic rings. The minimum atomic E-state index is -0.320. The molecule has 126 valence electrons. The Morgan fingerprint density at radius 3 is 2.54 bits per heavy atom. The van der Waals surface area contributed by atoms with E-state index in [-0.39, 0.29) is 18.1 Å². The first kappa shape index (κ1) is 17.7. The Morgan fingerprint density at radius 1 is 1.17 bits per heavy atom. The first-order valence-electron chi connectivity index (χ1n) is 7.96. The number of benzene rings is 2. The minimum Gasteiger partial charge on any atom is -0.494 e. The van der Waals surface area contributed by atoms with Gasteiger partial charge in [0, 0.05) is 0 Å². The molecule has 0 saturated carbocycles. The predicted octanol–water partition coefficient (Wildman–Crippen LogP) is 3.70. The summed E-state index contributed by atoms with van der Waals surface area (Å²) in [6.45, 7) is 2.83. The third-order valence-electron chi connectivity index (χ3n) is 3.33. The highest BCUT2D eigenvalue weighted by Crippen LogP contribution is 2.11. The molecule has 0 bridgehead atoms. The molecule has 1 amide bonds. The van der Waals surface area contributed by atoms with Crippen molar-refractivity contribution in [3.8, 4) is 5.75 Å². The van der Waals surface area contributed by atoms with Crippen LogP contribution in [0.15, 0.2) is 53.6 Å². The van der Waals surface area contributed by atoms with Crippen molar-refractivity contribution in [1.82, 2.24) is 5.43 Å². The number of amides is 1. The van der Waals surface area contributed by atoms with E-state index in [2.05, 4.69) is 17.5 Å². The van der Waals surface area contributed by atoms with Gasteiger partial charge in [-0.05, 0) is 53.9 Å². The van der Waals surface area contributed by atoms with Gasteiger partial charge in [0.2, 0.25) is 5.91 Å². The average molecular weight is 328 g/mol. The summed E-state index contributed by atoms with van der Waals surface area (Å²) in [7, 11) is 0. The maximum absolute atomic E-state index is 12.8. The predicted molar refractivity (Wildman–Crippen MR) is 92.7 cm³/mol. The van der Waals surface area contributed by atoms with Gasteiger partial charge in [-0.15, -0.1) is 0 Å². The van der Waals surface area contributed by atoms with E-state index in [0.717, 1.165) is 29.7 Å². The van der Waals surface area contributed by atoms with Crippen LogP contribution < -0.4 is 10.2 Å². The first-order valence-corrected chi connectivity index (χ1v) is 7.96. The van der Waals surface area contributed by atoms with Crippen LogP contribution in [0, 0.1) is 5.82 Å². The fraction of sp³-hybridized carbons (Fsp3) is 0.263. The maximum atomic E-state index is 12.8. The van der Waals surface area contributed by atoms with Gasteiger partial charge in [0.25, 0.3) is 0 Å². The Balaban J connectivity index is 1.78. The van der Waals surface area contributed by atoms with E-state index >= 15 is 0 Å². The number of hydrogen-bond donors (Lipinski definition) is 1.